The SMILES string of the molecule is CN(C)c1[c-]ccc(F)c1.[Li+]. The van der Waals surface area contributed by atoms with E-state index in [9.17, 15) is 4.39 Å². The Kier molecular flexibility index (Phi) is 4.25. The summed E-state index contributed by atoms with van der Waals surface area (Å²) in [6.07, 6.45) is 0. The van der Waals surface area contributed by atoms with E-state index in [-0.39, 0.29) is 24.7 Å². The van der Waals surface area contributed by atoms with Gasteiger partial charge in [0.15, 0.2) is 0 Å². The van der Waals surface area contributed by atoms with Gasteiger partial charge in [-0.25, -0.2) is 4.39 Å². The minimum absolute atomic E-state index is 0. The largest absolute Gasteiger partial charge is 1.00 e. The van der Waals surface area contributed by atoms with Crippen molar-refractivity contribution in [3.63, 3.8) is 0 Å². The van der Waals surface area contributed by atoms with Gasteiger partial charge < -0.3 is 4.90 Å². The van der Waals surface area contributed by atoms with Crippen LogP contribution in [0.25, 0.3) is 0 Å². The van der Waals surface area contributed by atoms with E-state index in [2.05, 4.69) is 6.07 Å². The molecular formula is C8H9FLiN. The van der Waals surface area contributed by atoms with Gasteiger partial charge in [-0.05, 0) is 0 Å². The molecule has 1 aromatic carbocycles. The molecule has 0 aliphatic carbocycles. The molecular weight excluding hydrogens is 136 g/mol. The first-order chi connectivity index (χ1) is 4.70. The summed E-state index contributed by atoms with van der Waals surface area (Å²) < 4.78 is 12.5. The third-order valence-corrected chi connectivity index (χ3v) is 1.23. The van der Waals surface area contributed by atoms with Crippen LogP contribution in [0.4, 0.5) is 10.1 Å². The zero-order valence-electron chi connectivity index (χ0n) is 7.06. The van der Waals surface area contributed by atoms with Crippen molar-refractivity contribution in [2.45, 2.75) is 0 Å². The van der Waals surface area contributed by atoms with E-state index in [0.29, 0.717) is 0 Å². The van der Waals surface area contributed by atoms with Gasteiger partial charge in [0.05, 0.1) is 0 Å². The topological polar surface area (TPSA) is 3.24 Å². The molecule has 0 spiro atoms. The number of rotatable bonds is 1. The fraction of sp³-hybridized carbons (Fsp3) is 0.250. The summed E-state index contributed by atoms with van der Waals surface area (Å²) in [5, 5.41) is 0. The van der Waals surface area contributed by atoms with Crippen LogP contribution in [0.2, 0.25) is 0 Å². The first kappa shape index (κ1) is 10.5. The monoisotopic (exact) mass is 145 g/mol. The van der Waals surface area contributed by atoms with Crippen LogP contribution in [-0.2, 0) is 0 Å². The summed E-state index contributed by atoms with van der Waals surface area (Å²) in [6.45, 7) is 0. The van der Waals surface area contributed by atoms with Crippen molar-refractivity contribution in [2.24, 2.45) is 0 Å². The number of benzene rings is 1. The van der Waals surface area contributed by atoms with Crippen LogP contribution in [0.15, 0.2) is 18.2 Å². The van der Waals surface area contributed by atoms with Crippen molar-refractivity contribution in [3.8, 4) is 0 Å². The van der Waals surface area contributed by atoms with Crippen LogP contribution in [0, 0.1) is 11.9 Å². The summed E-state index contributed by atoms with van der Waals surface area (Å²) >= 11 is 0. The minimum Gasteiger partial charge on any atom is -0.400 e. The molecule has 0 aliphatic heterocycles. The summed E-state index contributed by atoms with van der Waals surface area (Å²) in [6, 6.07) is 7.30. The number of nitrogens with zero attached hydrogens (tertiary/aromatic N) is 1. The molecule has 0 amide bonds. The first-order valence-electron chi connectivity index (χ1n) is 3.05. The Morgan fingerprint density at radius 2 is 2.09 bits per heavy atom. The van der Waals surface area contributed by atoms with Crippen LogP contribution in [0.1, 0.15) is 0 Å². The Labute approximate surface area is 78.4 Å². The third kappa shape index (κ3) is 2.96. The van der Waals surface area contributed by atoms with Crippen molar-refractivity contribution >= 4 is 5.69 Å². The predicted octanol–water partition coefficient (Wildman–Crippen LogP) is -1.30. The molecule has 54 valence electrons. The van der Waals surface area contributed by atoms with Crippen LogP contribution in [0.5, 0.6) is 0 Å². The van der Waals surface area contributed by atoms with E-state index >= 15 is 0 Å². The van der Waals surface area contributed by atoms with Gasteiger partial charge in [-0.15, -0.1) is 12.1 Å². The Hall–Kier alpha value is -0.453. The molecule has 0 aliphatic rings. The van der Waals surface area contributed by atoms with E-state index in [0.717, 1.165) is 5.69 Å². The molecule has 0 unspecified atom stereocenters. The number of hydrogen-bond donors (Lipinski definition) is 0. The average Bonchev–Trinajstić information content (AvgIpc) is 1.88. The van der Waals surface area contributed by atoms with Crippen LogP contribution in [-0.4, -0.2) is 14.1 Å². The van der Waals surface area contributed by atoms with Crippen LogP contribution < -0.4 is 23.8 Å². The fourth-order valence-corrected chi connectivity index (χ4v) is 0.685. The second kappa shape index (κ2) is 4.43. The van der Waals surface area contributed by atoms with Crippen molar-refractivity contribution < 1.29 is 23.3 Å². The molecule has 0 radical (unpaired) electrons. The first-order valence-corrected chi connectivity index (χ1v) is 3.05. The van der Waals surface area contributed by atoms with Crippen molar-refractivity contribution in [3.05, 3.63) is 30.1 Å². The van der Waals surface area contributed by atoms with Gasteiger partial charge in [0.2, 0.25) is 0 Å². The molecule has 11 heavy (non-hydrogen) atoms. The summed E-state index contributed by atoms with van der Waals surface area (Å²) in [5.41, 5.74) is 0.764. The predicted molar refractivity (Wildman–Crippen MR) is 39.6 cm³/mol. The minimum atomic E-state index is -0.220. The van der Waals surface area contributed by atoms with E-state index < -0.39 is 0 Å². The van der Waals surface area contributed by atoms with Crippen LogP contribution >= 0.6 is 0 Å². The van der Waals surface area contributed by atoms with E-state index in [1.807, 2.05) is 19.0 Å². The molecule has 3 heteroatoms. The number of halogens is 1. The normalized spacial score (nSPS) is 8.64. The van der Waals surface area contributed by atoms with E-state index in [4.69, 9.17) is 0 Å². The Morgan fingerprint density at radius 3 is 2.45 bits per heavy atom. The molecule has 1 nitrogen and oxygen atoms in total. The third-order valence-electron chi connectivity index (χ3n) is 1.23. The summed E-state index contributed by atoms with van der Waals surface area (Å²) in [5.74, 6) is -0.220. The molecule has 0 heterocycles. The number of anilines is 1. The maximum absolute atomic E-state index is 12.5. The Bertz CT molecular complexity index is 225. The van der Waals surface area contributed by atoms with Gasteiger partial charge >= 0.3 is 18.9 Å². The maximum atomic E-state index is 12.5. The Balaban J connectivity index is 0.000001000. The van der Waals surface area contributed by atoms with E-state index in [1.165, 1.54) is 12.1 Å². The molecule has 0 saturated heterocycles. The van der Waals surface area contributed by atoms with Gasteiger partial charge in [0.1, 0.15) is 0 Å². The molecule has 0 fully saturated rings. The number of hydrogen-bond acceptors (Lipinski definition) is 1. The van der Waals surface area contributed by atoms with E-state index in [1.54, 1.807) is 6.07 Å². The van der Waals surface area contributed by atoms with Crippen molar-refractivity contribution in [1.82, 2.24) is 0 Å². The zero-order chi connectivity index (χ0) is 7.56. The van der Waals surface area contributed by atoms with Gasteiger partial charge in [-0.2, -0.15) is 12.1 Å². The van der Waals surface area contributed by atoms with Gasteiger partial charge in [0, 0.05) is 19.9 Å². The summed E-state index contributed by atoms with van der Waals surface area (Å²) in [7, 11) is 3.70. The maximum Gasteiger partial charge on any atom is 1.00 e. The average molecular weight is 145 g/mol. The van der Waals surface area contributed by atoms with Gasteiger partial charge in [-0.1, -0.05) is 5.69 Å². The Morgan fingerprint density at radius 1 is 1.45 bits per heavy atom. The standard InChI is InChI=1S/C8H9FN.Li/c1-10(2)8-5-3-4-7(9)6-8;/h3-4,6H,1-2H3;/q-1;+1. The molecule has 1 aromatic rings. The molecule has 0 saturated carbocycles. The molecule has 0 aromatic heterocycles. The molecule has 0 N–H and O–H groups in total. The smallest absolute Gasteiger partial charge is 0.400 e. The zero-order valence-corrected chi connectivity index (χ0v) is 7.06. The fourth-order valence-electron chi connectivity index (χ4n) is 0.685. The molecule has 0 atom stereocenters. The van der Waals surface area contributed by atoms with Gasteiger partial charge in [-0.3, -0.25) is 0 Å². The second-order valence-corrected chi connectivity index (χ2v) is 2.29. The second-order valence-electron chi connectivity index (χ2n) is 2.29. The molecule has 0 bridgehead atoms. The van der Waals surface area contributed by atoms with Crippen molar-refractivity contribution in [1.29, 1.82) is 0 Å². The van der Waals surface area contributed by atoms with Gasteiger partial charge in [0.25, 0.3) is 0 Å². The van der Waals surface area contributed by atoms with Crippen LogP contribution in [0.3, 0.4) is 0 Å². The van der Waals surface area contributed by atoms with Crippen molar-refractivity contribution in [2.75, 3.05) is 19.0 Å². The quantitative estimate of drug-likeness (QED) is 0.350. The molecule has 1 rings (SSSR count). The summed E-state index contributed by atoms with van der Waals surface area (Å²) in [4.78, 5) is 1.81.